The first-order valence-corrected chi connectivity index (χ1v) is 4.40. The van der Waals surface area contributed by atoms with Gasteiger partial charge in [0.05, 0.1) is 16.6 Å². The molecule has 2 aromatic heterocycles. The number of amides is 1. The SMILES string of the molecule is NC(=O)c1ccsc1-c1cn[nH]n1. The third kappa shape index (κ3) is 1.31. The summed E-state index contributed by atoms with van der Waals surface area (Å²) in [6.07, 6.45) is 1.55. The Morgan fingerprint density at radius 2 is 2.46 bits per heavy atom. The fraction of sp³-hybridized carbons (Fsp3) is 0. The topological polar surface area (TPSA) is 84.7 Å². The van der Waals surface area contributed by atoms with E-state index < -0.39 is 5.91 Å². The number of carbonyl (C=O) groups is 1. The number of aromatic nitrogens is 3. The maximum absolute atomic E-state index is 10.9. The van der Waals surface area contributed by atoms with Crippen molar-refractivity contribution in [3.8, 4) is 10.6 Å². The molecule has 0 aromatic carbocycles. The van der Waals surface area contributed by atoms with Crippen LogP contribution in [0.5, 0.6) is 0 Å². The van der Waals surface area contributed by atoms with Crippen molar-refractivity contribution in [2.75, 3.05) is 0 Å². The van der Waals surface area contributed by atoms with Crippen molar-refractivity contribution >= 4 is 17.2 Å². The Hall–Kier alpha value is -1.69. The molecule has 0 aliphatic rings. The molecule has 13 heavy (non-hydrogen) atoms. The van der Waals surface area contributed by atoms with E-state index in [9.17, 15) is 4.79 Å². The molecule has 0 radical (unpaired) electrons. The second-order valence-electron chi connectivity index (χ2n) is 2.38. The number of carbonyl (C=O) groups excluding carboxylic acids is 1. The lowest BCUT2D eigenvalue weighted by Crippen LogP contribution is -2.10. The van der Waals surface area contributed by atoms with E-state index in [-0.39, 0.29) is 0 Å². The van der Waals surface area contributed by atoms with Gasteiger partial charge in [0, 0.05) is 0 Å². The fourth-order valence-corrected chi connectivity index (χ4v) is 1.87. The van der Waals surface area contributed by atoms with Gasteiger partial charge >= 0.3 is 0 Å². The molecule has 1 amide bonds. The van der Waals surface area contributed by atoms with Crippen molar-refractivity contribution in [2.45, 2.75) is 0 Å². The van der Waals surface area contributed by atoms with Gasteiger partial charge < -0.3 is 5.73 Å². The maximum Gasteiger partial charge on any atom is 0.250 e. The molecule has 0 unspecified atom stereocenters. The van der Waals surface area contributed by atoms with E-state index in [4.69, 9.17) is 5.73 Å². The van der Waals surface area contributed by atoms with E-state index in [2.05, 4.69) is 15.4 Å². The van der Waals surface area contributed by atoms with Crippen LogP contribution >= 0.6 is 11.3 Å². The van der Waals surface area contributed by atoms with Crippen molar-refractivity contribution in [3.63, 3.8) is 0 Å². The number of nitrogens with two attached hydrogens (primary N) is 1. The maximum atomic E-state index is 10.9. The average Bonchev–Trinajstić information content (AvgIpc) is 2.74. The molecule has 0 fully saturated rings. The molecule has 66 valence electrons. The normalized spacial score (nSPS) is 10.2. The second kappa shape index (κ2) is 2.98. The monoisotopic (exact) mass is 194 g/mol. The van der Waals surface area contributed by atoms with Crippen LogP contribution in [0.3, 0.4) is 0 Å². The zero-order valence-electron chi connectivity index (χ0n) is 6.52. The third-order valence-corrected chi connectivity index (χ3v) is 2.52. The number of hydrogen-bond acceptors (Lipinski definition) is 4. The van der Waals surface area contributed by atoms with Crippen LogP contribution in [0.2, 0.25) is 0 Å². The van der Waals surface area contributed by atoms with E-state index in [0.717, 1.165) is 4.88 Å². The van der Waals surface area contributed by atoms with Crippen LogP contribution in [0, 0.1) is 0 Å². The predicted octanol–water partition coefficient (Wildman–Crippen LogP) is 0.632. The van der Waals surface area contributed by atoms with Crippen LogP contribution in [-0.4, -0.2) is 21.3 Å². The molecule has 0 saturated carbocycles. The minimum Gasteiger partial charge on any atom is -0.366 e. The molecule has 0 bridgehead atoms. The van der Waals surface area contributed by atoms with Crippen LogP contribution in [0.1, 0.15) is 10.4 Å². The number of rotatable bonds is 2. The molecular weight excluding hydrogens is 188 g/mol. The van der Waals surface area contributed by atoms with Crippen LogP contribution in [-0.2, 0) is 0 Å². The summed E-state index contributed by atoms with van der Waals surface area (Å²) in [7, 11) is 0. The number of primary amides is 1. The van der Waals surface area contributed by atoms with Gasteiger partial charge in [0.15, 0.2) is 0 Å². The van der Waals surface area contributed by atoms with E-state index in [1.165, 1.54) is 11.3 Å². The van der Waals surface area contributed by atoms with E-state index in [0.29, 0.717) is 11.3 Å². The quantitative estimate of drug-likeness (QED) is 0.735. The molecule has 0 aliphatic heterocycles. The zero-order chi connectivity index (χ0) is 9.26. The number of nitrogens with zero attached hydrogens (tertiary/aromatic N) is 2. The summed E-state index contributed by atoms with van der Waals surface area (Å²) in [5.41, 5.74) is 6.30. The second-order valence-corrected chi connectivity index (χ2v) is 3.30. The van der Waals surface area contributed by atoms with E-state index in [1.54, 1.807) is 17.6 Å². The van der Waals surface area contributed by atoms with Gasteiger partial charge in [0.1, 0.15) is 5.69 Å². The summed E-state index contributed by atoms with van der Waals surface area (Å²) in [5, 5.41) is 11.8. The summed E-state index contributed by atoms with van der Waals surface area (Å²) in [6, 6.07) is 1.68. The molecule has 5 nitrogen and oxygen atoms in total. The van der Waals surface area contributed by atoms with Gasteiger partial charge in [-0.05, 0) is 11.4 Å². The Morgan fingerprint density at radius 3 is 3.08 bits per heavy atom. The molecule has 2 rings (SSSR count). The lowest BCUT2D eigenvalue weighted by atomic mass is 10.2. The lowest BCUT2D eigenvalue weighted by Gasteiger charge is -1.93. The molecular formula is C7H6N4OS. The summed E-state index contributed by atoms with van der Waals surface area (Å²) >= 11 is 1.41. The van der Waals surface area contributed by atoms with Crippen LogP contribution in [0.15, 0.2) is 17.6 Å². The van der Waals surface area contributed by atoms with Crippen molar-refractivity contribution in [1.82, 2.24) is 15.4 Å². The van der Waals surface area contributed by atoms with Gasteiger partial charge in [0.25, 0.3) is 0 Å². The van der Waals surface area contributed by atoms with Crippen molar-refractivity contribution in [3.05, 3.63) is 23.2 Å². The van der Waals surface area contributed by atoms with Crippen molar-refractivity contribution < 1.29 is 4.79 Å². The van der Waals surface area contributed by atoms with Gasteiger partial charge in [-0.15, -0.1) is 11.3 Å². The van der Waals surface area contributed by atoms with Crippen LogP contribution < -0.4 is 5.73 Å². The molecule has 6 heteroatoms. The highest BCUT2D eigenvalue weighted by molar-refractivity contribution is 7.14. The first-order chi connectivity index (χ1) is 6.29. The van der Waals surface area contributed by atoms with Gasteiger partial charge in [0.2, 0.25) is 5.91 Å². The lowest BCUT2D eigenvalue weighted by molar-refractivity contribution is 0.100. The number of hydrogen-bond donors (Lipinski definition) is 2. The molecule has 0 atom stereocenters. The summed E-state index contributed by atoms with van der Waals surface area (Å²) < 4.78 is 0. The molecule has 3 N–H and O–H groups in total. The highest BCUT2D eigenvalue weighted by Gasteiger charge is 2.12. The van der Waals surface area contributed by atoms with Gasteiger partial charge in [-0.1, -0.05) is 0 Å². The molecule has 0 saturated heterocycles. The third-order valence-electron chi connectivity index (χ3n) is 1.58. The Balaban J connectivity index is 2.52. The number of aromatic amines is 1. The summed E-state index contributed by atoms with van der Waals surface area (Å²) in [5.74, 6) is -0.445. The predicted molar refractivity (Wildman–Crippen MR) is 48.2 cm³/mol. The Bertz CT molecular complexity index is 419. The Labute approximate surface area is 77.6 Å². The first kappa shape index (κ1) is 7.93. The average molecular weight is 194 g/mol. The van der Waals surface area contributed by atoms with Crippen LogP contribution in [0.4, 0.5) is 0 Å². The van der Waals surface area contributed by atoms with Gasteiger partial charge in [-0.2, -0.15) is 15.4 Å². The standard InChI is InChI=1S/C7H6N4OS/c8-7(12)4-1-2-13-6(4)5-3-9-11-10-5/h1-3H,(H2,8,12)(H,9,10,11). The van der Waals surface area contributed by atoms with Gasteiger partial charge in [-0.25, -0.2) is 0 Å². The summed E-state index contributed by atoms with van der Waals surface area (Å²) in [6.45, 7) is 0. The van der Waals surface area contributed by atoms with Crippen molar-refractivity contribution in [2.24, 2.45) is 5.73 Å². The van der Waals surface area contributed by atoms with Crippen LogP contribution in [0.25, 0.3) is 10.6 Å². The highest BCUT2D eigenvalue weighted by Crippen LogP contribution is 2.26. The van der Waals surface area contributed by atoms with E-state index in [1.807, 2.05) is 0 Å². The van der Waals surface area contributed by atoms with Gasteiger partial charge in [-0.3, -0.25) is 4.79 Å². The molecule has 0 aliphatic carbocycles. The number of thiophene rings is 1. The Morgan fingerprint density at radius 1 is 1.62 bits per heavy atom. The smallest absolute Gasteiger partial charge is 0.250 e. The minimum absolute atomic E-state index is 0.445. The molecule has 2 heterocycles. The van der Waals surface area contributed by atoms with E-state index >= 15 is 0 Å². The minimum atomic E-state index is -0.445. The van der Waals surface area contributed by atoms with Crippen molar-refractivity contribution in [1.29, 1.82) is 0 Å². The number of H-pyrrole nitrogens is 1. The highest BCUT2D eigenvalue weighted by atomic mass is 32.1. The Kier molecular flexibility index (Phi) is 1.82. The molecule has 0 spiro atoms. The number of nitrogens with one attached hydrogen (secondary N) is 1. The fourth-order valence-electron chi connectivity index (χ4n) is 1.01. The first-order valence-electron chi connectivity index (χ1n) is 3.52. The summed E-state index contributed by atoms with van der Waals surface area (Å²) in [4.78, 5) is 11.7. The molecule has 2 aromatic rings. The largest absolute Gasteiger partial charge is 0.366 e. The zero-order valence-corrected chi connectivity index (χ0v) is 7.34.